The first-order chi connectivity index (χ1) is 12.1. The average molecular weight is 345 g/mol. The fraction of sp³-hybridized carbons (Fsp3) is 0.632. The average Bonchev–Trinajstić information content (AvgIpc) is 3.11. The van der Waals surface area contributed by atoms with Gasteiger partial charge in [-0.05, 0) is 25.3 Å². The van der Waals surface area contributed by atoms with Crippen LogP contribution in [0.5, 0.6) is 5.88 Å². The van der Waals surface area contributed by atoms with Gasteiger partial charge in [-0.3, -0.25) is 9.59 Å². The summed E-state index contributed by atoms with van der Waals surface area (Å²) in [6.07, 6.45) is 7.19. The van der Waals surface area contributed by atoms with Crippen molar-refractivity contribution >= 4 is 11.8 Å². The van der Waals surface area contributed by atoms with Crippen molar-refractivity contribution in [2.75, 3.05) is 20.2 Å². The molecule has 136 valence electrons. The van der Waals surface area contributed by atoms with Gasteiger partial charge in [0.25, 0.3) is 0 Å². The summed E-state index contributed by atoms with van der Waals surface area (Å²) in [5, 5.41) is 2.98. The molecule has 2 fully saturated rings. The largest absolute Gasteiger partial charge is 0.481 e. The van der Waals surface area contributed by atoms with Crippen LogP contribution in [0.2, 0.25) is 0 Å². The minimum Gasteiger partial charge on any atom is -0.481 e. The molecule has 1 aromatic heterocycles. The molecule has 6 nitrogen and oxygen atoms in total. The third kappa shape index (κ3) is 3.62. The second-order valence-corrected chi connectivity index (χ2v) is 7.16. The number of amides is 2. The third-order valence-corrected chi connectivity index (χ3v) is 5.44. The summed E-state index contributed by atoms with van der Waals surface area (Å²) in [7, 11) is 1.62. The van der Waals surface area contributed by atoms with Crippen molar-refractivity contribution in [3.8, 4) is 5.88 Å². The number of rotatable bonds is 4. The van der Waals surface area contributed by atoms with Gasteiger partial charge in [0.05, 0.1) is 7.11 Å². The molecule has 1 aromatic rings. The smallest absolute Gasteiger partial charge is 0.248 e. The monoisotopic (exact) mass is 345 g/mol. The van der Waals surface area contributed by atoms with Gasteiger partial charge in [-0.25, -0.2) is 4.98 Å². The van der Waals surface area contributed by atoms with Crippen molar-refractivity contribution < 1.29 is 14.3 Å². The van der Waals surface area contributed by atoms with Crippen molar-refractivity contribution in [2.45, 2.75) is 56.9 Å². The quantitative estimate of drug-likeness (QED) is 0.908. The lowest BCUT2D eigenvalue weighted by Gasteiger charge is -2.39. The van der Waals surface area contributed by atoms with Crippen LogP contribution in [-0.4, -0.2) is 47.4 Å². The van der Waals surface area contributed by atoms with Crippen LogP contribution in [0, 0.1) is 0 Å². The van der Waals surface area contributed by atoms with Gasteiger partial charge in [-0.15, -0.1) is 0 Å². The Morgan fingerprint density at radius 1 is 1.32 bits per heavy atom. The summed E-state index contributed by atoms with van der Waals surface area (Å²) >= 11 is 0. The number of carbonyl (C=O) groups is 2. The zero-order chi connectivity index (χ0) is 17.9. The SMILES string of the molecule is COc1ncccc1C1CCN(C(=O)C2(NC(C)=O)CCCCC2)C1. The lowest BCUT2D eigenvalue weighted by molar-refractivity contribution is -0.142. The zero-order valence-electron chi connectivity index (χ0n) is 15.1. The van der Waals surface area contributed by atoms with E-state index in [1.807, 2.05) is 17.0 Å². The first-order valence-corrected chi connectivity index (χ1v) is 9.13. The van der Waals surface area contributed by atoms with Crippen molar-refractivity contribution in [2.24, 2.45) is 0 Å². The molecular weight excluding hydrogens is 318 g/mol. The van der Waals surface area contributed by atoms with E-state index in [-0.39, 0.29) is 17.7 Å². The van der Waals surface area contributed by atoms with Crippen LogP contribution in [0.1, 0.15) is 56.9 Å². The predicted octanol–water partition coefficient (Wildman–Crippen LogP) is 2.25. The fourth-order valence-corrected chi connectivity index (χ4v) is 4.27. The Morgan fingerprint density at radius 2 is 2.08 bits per heavy atom. The summed E-state index contributed by atoms with van der Waals surface area (Å²) < 4.78 is 5.37. The van der Waals surface area contributed by atoms with Crippen LogP contribution in [-0.2, 0) is 9.59 Å². The van der Waals surface area contributed by atoms with Gasteiger partial charge < -0.3 is 15.0 Å². The van der Waals surface area contributed by atoms with E-state index in [0.29, 0.717) is 19.0 Å². The van der Waals surface area contributed by atoms with Gasteiger partial charge in [0.1, 0.15) is 5.54 Å². The van der Waals surface area contributed by atoms with E-state index in [1.54, 1.807) is 13.3 Å². The van der Waals surface area contributed by atoms with Gasteiger partial charge in [0.2, 0.25) is 17.7 Å². The van der Waals surface area contributed by atoms with E-state index in [4.69, 9.17) is 4.74 Å². The van der Waals surface area contributed by atoms with Gasteiger partial charge in [-0.1, -0.05) is 25.3 Å². The number of hydrogen-bond donors (Lipinski definition) is 1. The van der Waals surface area contributed by atoms with E-state index in [9.17, 15) is 9.59 Å². The summed E-state index contributed by atoms with van der Waals surface area (Å²) in [6, 6.07) is 3.93. The highest BCUT2D eigenvalue weighted by molar-refractivity contribution is 5.91. The Hall–Kier alpha value is -2.11. The van der Waals surface area contributed by atoms with Crippen LogP contribution in [0.3, 0.4) is 0 Å². The summed E-state index contributed by atoms with van der Waals surface area (Å²) in [5.74, 6) is 0.814. The molecule has 2 heterocycles. The number of hydrogen-bond acceptors (Lipinski definition) is 4. The predicted molar refractivity (Wildman–Crippen MR) is 94.4 cm³/mol. The molecule has 0 radical (unpaired) electrons. The second-order valence-electron chi connectivity index (χ2n) is 7.16. The molecule has 1 atom stereocenters. The van der Waals surface area contributed by atoms with Crippen LogP contribution in [0.4, 0.5) is 0 Å². The molecule has 0 aromatic carbocycles. The number of pyridine rings is 1. The van der Waals surface area contributed by atoms with E-state index in [1.165, 1.54) is 6.92 Å². The number of aromatic nitrogens is 1. The maximum atomic E-state index is 13.3. The number of nitrogens with one attached hydrogen (secondary N) is 1. The van der Waals surface area contributed by atoms with Crippen LogP contribution >= 0.6 is 0 Å². The van der Waals surface area contributed by atoms with Crippen LogP contribution < -0.4 is 10.1 Å². The number of ether oxygens (including phenoxy) is 1. The van der Waals surface area contributed by atoms with Crippen molar-refractivity contribution in [1.29, 1.82) is 0 Å². The van der Waals surface area contributed by atoms with Crippen molar-refractivity contribution in [3.05, 3.63) is 23.9 Å². The standard InChI is InChI=1S/C19H27N3O3/c1-14(23)21-19(9-4-3-5-10-19)18(24)22-12-8-15(13-22)16-7-6-11-20-17(16)25-2/h6-7,11,15H,3-5,8-10,12-13H2,1-2H3,(H,21,23). The molecule has 1 N–H and O–H groups in total. The zero-order valence-corrected chi connectivity index (χ0v) is 15.1. The summed E-state index contributed by atoms with van der Waals surface area (Å²) in [6.45, 7) is 2.86. The Labute approximate surface area is 148 Å². The van der Waals surface area contributed by atoms with Gasteiger partial charge in [0, 0.05) is 37.7 Å². The minimum absolute atomic E-state index is 0.0766. The molecule has 25 heavy (non-hydrogen) atoms. The van der Waals surface area contributed by atoms with Gasteiger partial charge in [0.15, 0.2) is 0 Å². The van der Waals surface area contributed by atoms with Crippen LogP contribution in [0.15, 0.2) is 18.3 Å². The highest BCUT2D eigenvalue weighted by atomic mass is 16.5. The molecule has 3 rings (SSSR count). The molecule has 1 aliphatic carbocycles. The molecule has 6 heteroatoms. The topological polar surface area (TPSA) is 71.5 Å². The second kappa shape index (κ2) is 7.42. The van der Waals surface area contributed by atoms with E-state index < -0.39 is 5.54 Å². The highest BCUT2D eigenvalue weighted by Gasteiger charge is 2.44. The lowest BCUT2D eigenvalue weighted by Crippen LogP contribution is -2.59. The number of nitrogens with zero attached hydrogens (tertiary/aromatic N) is 2. The summed E-state index contributed by atoms with van der Waals surface area (Å²) in [4.78, 5) is 31.1. The number of likely N-dealkylation sites (tertiary alicyclic amines) is 1. The lowest BCUT2D eigenvalue weighted by atomic mass is 9.80. The first kappa shape index (κ1) is 17.7. The van der Waals surface area contributed by atoms with Crippen LogP contribution in [0.25, 0.3) is 0 Å². The van der Waals surface area contributed by atoms with E-state index >= 15 is 0 Å². The normalized spacial score (nSPS) is 22.5. The number of carbonyl (C=O) groups excluding carboxylic acids is 2. The van der Waals surface area contributed by atoms with Crippen molar-refractivity contribution in [1.82, 2.24) is 15.2 Å². The maximum absolute atomic E-state index is 13.3. The Kier molecular flexibility index (Phi) is 5.25. The molecule has 1 saturated carbocycles. The third-order valence-electron chi connectivity index (χ3n) is 5.44. The molecule has 0 bridgehead atoms. The number of methoxy groups -OCH3 is 1. The van der Waals surface area contributed by atoms with E-state index in [0.717, 1.165) is 44.1 Å². The van der Waals surface area contributed by atoms with Gasteiger partial charge >= 0.3 is 0 Å². The maximum Gasteiger partial charge on any atom is 0.248 e. The van der Waals surface area contributed by atoms with E-state index in [2.05, 4.69) is 10.3 Å². The molecular formula is C19H27N3O3. The van der Waals surface area contributed by atoms with Gasteiger partial charge in [-0.2, -0.15) is 0 Å². The molecule has 1 aliphatic heterocycles. The van der Waals surface area contributed by atoms with Crippen molar-refractivity contribution in [3.63, 3.8) is 0 Å². The molecule has 1 saturated heterocycles. The fourth-order valence-electron chi connectivity index (χ4n) is 4.27. The Morgan fingerprint density at radius 3 is 2.76 bits per heavy atom. The minimum atomic E-state index is -0.710. The molecule has 1 unspecified atom stereocenters. The Bertz CT molecular complexity index is 641. The highest BCUT2D eigenvalue weighted by Crippen LogP contribution is 2.36. The first-order valence-electron chi connectivity index (χ1n) is 9.13. The molecule has 2 aliphatic rings. The summed E-state index contributed by atoms with van der Waals surface area (Å²) in [5.41, 5.74) is 0.343. The molecule has 2 amide bonds. The Balaban J connectivity index is 1.75. The molecule has 0 spiro atoms.